The highest BCUT2D eigenvalue weighted by Gasteiger charge is 2.47. The van der Waals surface area contributed by atoms with E-state index in [9.17, 15) is 18.0 Å². The molecule has 38 heavy (non-hydrogen) atoms. The third-order valence-electron chi connectivity index (χ3n) is 7.02. The molecule has 12 heteroatoms. The van der Waals surface area contributed by atoms with Crippen molar-refractivity contribution in [1.29, 1.82) is 0 Å². The van der Waals surface area contributed by atoms with Gasteiger partial charge < -0.3 is 24.6 Å². The van der Waals surface area contributed by atoms with Gasteiger partial charge in [0.25, 0.3) is 5.91 Å². The van der Waals surface area contributed by atoms with Gasteiger partial charge in [0.2, 0.25) is 0 Å². The summed E-state index contributed by atoms with van der Waals surface area (Å²) in [5.41, 5.74) is 1.65. The molecule has 2 aromatic carbocycles. The second kappa shape index (κ2) is 10.3. The van der Waals surface area contributed by atoms with Gasteiger partial charge in [-0.25, -0.2) is 4.68 Å². The molecule has 0 bridgehead atoms. The number of aromatic nitrogens is 2. The van der Waals surface area contributed by atoms with E-state index in [1.807, 2.05) is 18.2 Å². The summed E-state index contributed by atoms with van der Waals surface area (Å²) in [6.07, 6.45) is -3.62. The van der Waals surface area contributed by atoms with Crippen molar-refractivity contribution in [2.75, 3.05) is 50.6 Å². The zero-order valence-corrected chi connectivity index (χ0v) is 21.6. The number of piperazine rings is 1. The van der Waals surface area contributed by atoms with Crippen LogP contribution in [0.3, 0.4) is 0 Å². The van der Waals surface area contributed by atoms with Crippen LogP contribution in [0.2, 0.25) is 5.02 Å². The van der Waals surface area contributed by atoms with Gasteiger partial charge in [-0.05, 0) is 35.9 Å². The Bertz CT molecular complexity index is 1320. The number of amides is 1. The summed E-state index contributed by atoms with van der Waals surface area (Å²) in [6, 6.07) is 9.85. The Morgan fingerprint density at radius 1 is 1.05 bits per heavy atom. The minimum Gasteiger partial charge on any atom is -0.493 e. The summed E-state index contributed by atoms with van der Waals surface area (Å²) >= 11 is 6.11. The second-order valence-corrected chi connectivity index (χ2v) is 9.65. The van der Waals surface area contributed by atoms with Crippen LogP contribution in [0.5, 0.6) is 11.5 Å². The first kappa shape index (κ1) is 26.0. The number of carbonyl (C=O) groups excluding carboxylic acids is 1. The number of alkyl halides is 3. The lowest BCUT2D eigenvalue weighted by Gasteiger charge is -2.37. The number of nitrogens with zero attached hydrogens (tertiary/aromatic N) is 4. The molecule has 0 radical (unpaired) electrons. The predicted octanol–water partition coefficient (Wildman–Crippen LogP) is 5.18. The molecule has 1 N–H and O–H groups in total. The molecule has 0 spiro atoms. The van der Waals surface area contributed by atoms with E-state index in [0.717, 1.165) is 10.4 Å². The third-order valence-corrected chi connectivity index (χ3v) is 7.25. The number of anilines is 2. The lowest BCUT2D eigenvalue weighted by molar-refractivity contribution is -0.173. The summed E-state index contributed by atoms with van der Waals surface area (Å²) in [4.78, 5) is 17.3. The lowest BCUT2D eigenvalue weighted by Crippen LogP contribution is -2.49. The van der Waals surface area contributed by atoms with E-state index in [-0.39, 0.29) is 23.7 Å². The Hall–Kier alpha value is -3.60. The summed E-state index contributed by atoms with van der Waals surface area (Å²) in [6.45, 7) is 1.97. The SMILES string of the molecule is COc1ccc([C@@H]2C[C@@H](C(F)(F)F)n3ncc(C(=O)N4CCN(c5cccc(Cl)c5)CC4)c3N2)cc1OC. The first-order chi connectivity index (χ1) is 18.2. The fourth-order valence-electron chi connectivity index (χ4n) is 5.02. The number of halogens is 4. The molecule has 0 aliphatic carbocycles. The molecule has 2 aliphatic heterocycles. The summed E-state index contributed by atoms with van der Waals surface area (Å²) < 4.78 is 53.9. The third kappa shape index (κ3) is 4.94. The van der Waals surface area contributed by atoms with Gasteiger partial charge in [-0.2, -0.15) is 18.3 Å². The van der Waals surface area contributed by atoms with Crippen molar-refractivity contribution >= 4 is 29.0 Å². The van der Waals surface area contributed by atoms with Gasteiger partial charge in [0.05, 0.1) is 26.5 Å². The molecule has 5 rings (SSSR count). The van der Waals surface area contributed by atoms with Gasteiger partial charge in [0.15, 0.2) is 17.5 Å². The molecule has 1 fully saturated rings. The normalized spacial score (nSPS) is 19.5. The molecule has 8 nitrogen and oxygen atoms in total. The van der Waals surface area contributed by atoms with Gasteiger partial charge in [-0.15, -0.1) is 0 Å². The fraction of sp³-hybridized carbons (Fsp3) is 0.385. The van der Waals surface area contributed by atoms with E-state index in [2.05, 4.69) is 15.3 Å². The van der Waals surface area contributed by atoms with E-state index in [1.165, 1.54) is 20.4 Å². The highest BCUT2D eigenvalue weighted by atomic mass is 35.5. The number of ether oxygens (including phenoxy) is 2. The zero-order valence-electron chi connectivity index (χ0n) is 20.8. The molecule has 0 saturated carbocycles. The van der Waals surface area contributed by atoms with Gasteiger partial charge in [-0.1, -0.05) is 23.7 Å². The van der Waals surface area contributed by atoms with Crippen LogP contribution < -0.4 is 19.7 Å². The Morgan fingerprint density at radius 3 is 2.45 bits per heavy atom. The maximum Gasteiger partial charge on any atom is 0.410 e. The van der Waals surface area contributed by atoms with Crippen molar-refractivity contribution in [3.05, 3.63) is 64.8 Å². The maximum atomic E-state index is 14.1. The molecule has 3 aromatic rings. The van der Waals surface area contributed by atoms with Crippen LogP contribution in [0.15, 0.2) is 48.7 Å². The molecular weight excluding hydrogens is 523 g/mol. The first-order valence-corrected chi connectivity index (χ1v) is 12.5. The van der Waals surface area contributed by atoms with Crippen LogP contribution in [-0.4, -0.2) is 67.2 Å². The van der Waals surface area contributed by atoms with Gasteiger partial charge >= 0.3 is 6.18 Å². The van der Waals surface area contributed by atoms with E-state index in [0.29, 0.717) is 48.3 Å². The molecule has 0 unspecified atom stereocenters. The fourth-order valence-corrected chi connectivity index (χ4v) is 5.20. The number of fused-ring (bicyclic) bond motifs is 1. The quantitative estimate of drug-likeness (QED) is 0.473. The Labute approximate surface area is 222 Å². The Balaban J connectivity index is 1.39. The minimum atomic E-state index is -4.55. The van der Waals surface area contributed by atoms with E-state index >= 15 is 0 Å². The molecule has 1 aromatic heterocycles. The molecule has 2 aliphatic rings. The topological polar surface area (TPSA) is 71.9 Å². The predicted molar refractivity (Wildman–Crippen MR) is 137 cm³/mol. The van der Waals surface area contributed by atoms with Crippen LogP contribution in [0, 0.1) is 0 Å². The number of hydrogen-bond acceptors (Lipinski definition) is 6. The number of nitrogens with one attached hydrogen (secondary N) is 1. The van der Waals surface area contributed by atoms with E-state index in [1.54, 1.807) is 29.2 Å². The lowest BCUT2D eigenvalue weighted by atomic mass is 9.96. The molecule has 3 heterocycles. The van der Waals surface area contributed by atoms with Crippen molar-refractivity contribution in [3.8, 4) is 11.5 Å². The van der Waals surface area contributed by atoms with Crippen molar-refractivity contribution in [2.45, 2.75) is 24.7 Å². The molecule has 2 atom stereocenters. The molecule has 1 saturated heterocycles. The van der Waals surface area contributed by atoms with Gasteiger partial charge in [0.1, 0.15) is 11.4 Å². The van der Waals surface area contributed by atoms with E-state index < -0.39 is 18.3 Å². The number of hydrogen-bond donors (Lipinski definition) is 1. The van der Waals surface area contributed by atoms with Crippen LogP contribution in [0.25, 0.3) is 0 Å². The van der Waals surface area contributed by atoms with Crippen molar-refractivity contribution in [1.82, 2.24) is 14.7 Å². The standard InChI is InChI=1S/C26H27ClF3N5O3/c1-37-21-7-6-16(12-22(21)38-2)20-14-23(26(28,29)30)35-24(32-20)19(15-31-35)25(36)34-10-8-33(9-11-34)18-5-3-4-17(27)13-18/h3-7,12-13,15,20,23,32H,8-11,14H2,1-2H3/t20-,23-/m0/s1. The molecule has 1 amide bonds. The maximum absolute atomic E-state index is 14.1. The number of benzene rings is 2. The average Bonchev–Trinajstić information content (AvgIpc) is 3.35. The van der Waals surface area contributed by atoms with Crippen molar-refractivity contribution < 1.29 is 27.4 Å². The van der Waals surface area contributed by atoms with Crippen LogP contribution in [0.1, 0.15) is 34.4 Å². The zero-order chi connectivity index (χ0) is 27.0. The number of carbonyl (C=O) groups is 1. The molecular formula is C26H27ClF3N5O3. The number of methoxy groups -OCH3 is 2. The van der Waals surface area contributed by atoms with E-state index in [4.69, 9.17) is 21.1 Å². The first-order valence-electron chi connectivity index (χ1n) is 12.1. The molecule has 202 valence electrons. The van der Waals surface area contributed by atoms with Gasteiger partial charge in [-0.3, -0.25) is 4.79 Å². The van der Waals surface area contributed by atoms with Crippen LogP contribution in [0.4, 0.5) is 24.7 Å². The van der Waals surface area contributed by atoms with Crippen molar-refractivity contribution in [3.63, 3.8) is 0 Å². The Kier molecular flexibility index (Phi) is 7.04. The summed E-state index contributed by atoms with van der Waals surface area (Å²) in [5.74, 6) is 0.569. The Morgan fingerprint density at radius 2 is 1.79 bits per heavy atom. The summed E-state index contributed by atoms with van der Waals surface area (Å²) in [5, 5.41) is 7.77. The smallest absolute Gasteiger partial charge is 0.410 e. The van der Waals surface area contributed by atoms with Gasteiger partial charge in [0, 0.05) is 43.3 Å². The second-order valence-electron chi connectivity index (χ2n) is 9.21. The minimum absolute atomic E-state index is 0.0561. The highest BCUT2D eigenvalue weighted by molar-refractivity contribution is 6.30. The van der Waals surface area contributed by atoms with Crippen molar-refractivity contribution in [2.24, 2.45) is 0 Å². The summed E-state index contributed by atoms with van der Waals surface area (Å²) in [7, 11) is 2.95. The average molecular weight is 550 g/mol. The largest absolute Gasteiger partial charge is 0.493 e. The van der Waals surface area contributed by atoms with Crippen LogP contribution in [-0.2, 0) is 0 Å². The number of rotatable bonds is 5. The highest BCUT2D eigenvalue weighted by Crippen LogP contribution is 2.45. The monoisotopic (exact) mass is 549 g/mol. The van der Waals surface area contributed by atoms with Crippen LogP contribution >= 0.6 is 11.6 Å².